The number of hydrogen-bond donors (Lipinski definition) is 0. The minimum atomic E-state index is -0.196. The molecule has 5 heteroatoms. The Morgan fingerprint density at radius 3 is 2.63 bits per heavy atom. The molecule has 3 aliphatic heterocycles. The Balaban J connectivity index is 1.72. The molecular weight excluding hydrogens is 355 g/mol. The van der Waals surface area contributed by atoms with Gasteiger partial charge in [0.2, 0.25) is 0 Å². The first-order chi connectivity index (χ1) is 9.24. The maximum Gasteiger partial charge on any atom is 0.415 e. The van der Waals surface area contributed by atoms with Crippen molar-refractivity contribution in [3.05, 3.63) is 27.8 Å². The summed E-state index contributed by atoms with van der Waals surface area (Å²) in [4.78, 5) is 16.7. The van der Waals surface area contributed by atoms with Crippen LogP contribution < -0.4 is 4.74 Å². The summed E-state index contributed by atoms with van der Waals surface area (Å²) < 4.78 is 6.52. The molecule has 0 spiro atoms. The van der Waals surface area contributed by atoms with Gasteiger partial charge in [0.05, 0.1) is 3.57 Å². The van der Waals surface area contributed by atoms with Crippen LogP contribution in [0, 0.1) is 3.57 Å². The standard InChI is InChI=1S/C14H17IN2O2/c15-12-3-1-2-4-13(12)19-14(18)17-10-9-16-7-5-11(17)6-8-16/h1-4,11H,5-10H2. The molecule has 3 saturated heterocycles. The number of carbonyl (C=O) groups is 1. The lowest BCUT2D eigenvalue weighted by Gasteiger charge is -2.30. The van der Waals surface area contributed by atoms with Gasteiger partial charge in [-0.15, -0.1) is 0 Å². The number of fused-ring (bicyclic) bond motifs is 4. The average Bonchev–Trinajstić information content (AvgIpc) is 2.75. The van der Waals surface area contributed by atoms with Crippen LogP contribution in [0.2, 0.25) is 0 Å². The number of ether oxygens (including phenoxy) is 1. The van der Waals surface area contributed by atoms with Crippen LogP contribution in [0.4, 0.5) is 4.79 Å². The van der Waals surface area contributed by atoms with Crippen LogP contribution in [-0.2, 0) is 0 Å². The SMILES string of the molecule is O=C(Oc1ccccc1I)N1CCN2CCC1CC2. The molecule has 4 nitrogen and oxygen atoms in total. The second-order valence-electron chi connectivity index (χ2n) is 5.06. The van der Waals surface area contributed by atoms with E-state index in [9.17, 15) is 4.79 Å². The highest BCUT2D eigenvalue weighted by Crippen LogP contribution is 2.24. The van der Waals surface area contributed by atoms with Crippen molar-refractivity contribution in [1.29, 1.82) is 0 Å². The monoisotopic (exact) mass is 372 g/mol. The van der Waals surface area contributed by atoms with Gasteiger partial charge in [0, 0.05) is 32.2 Å². The molecule has 0 aromatic heterocycles. The third-order valence-corrected chi connectivity index (χ3v) is 4.81. The number of halogens is 1. The van der Waals surface area contributed by atoms with Crippen LogP contribution in [0.5, 0.6) is 5.75 Å². The third-order valence-electron chi connectivity index (χ3n) is 3.92. The van der Waals surface area contributed by atoms with Crippen molar-refractivity contribution in [3.8, 4) is 5.75 Å². The van der Waals surface area contributed by atoms with Gasteiger partial charge in [-0.1, -0.05) is 12.1 Å². The van der Waals surface area contributed by atoms with E-state index in [1.807, 2.05) is 29.2 Å². The Kier molecular flexibility index (Phi) is 3.93. The molecule has 2 bridgehead atoms. The van der Waals surface area contributed by atoms with Gasteiger partial charge < -0.3 is 14.5 Å². The normalized spacial score (nSPS) is 26.1. The van der Waals surface area contributed by atoms with E-state index >= 15 is 0 Å². The number of amides is 1. The van der Waals surface area contributed by atoms with Crippen molar-refractivity contribution in [2.24, 2.45) is 0 Å². The van der Waals surface area contributed by atoms with Crippen molar-refractivity contribution >= 4 is 28.7 Å². The van der Waals surface area contributed by atoms with E-state index in [4.69, 9.17) is 4.74 Å². The predicted molar refractivity (Wildman–Crippen MR) is 81.4 cm³/mol. The number of benzene rings is 1. The molecule has 19 heavy (non-hydrogen) atoms. The summed E-state index contributed by atoms with van der Waals surface area (Å²) in [5.74, 6) is 0.659. The molecule has 0 N–H and O–H groups in total. The highest BCUT2D eigenvalue weighted by atomic mass is 127. The van der Waals surface area contributed by atoms with Gasteiger partial charge >= 0.3 is 6.09 Å². The molecule has 102 valence electrons. The maximum absolute atomic E-state index is 12.3. The molecule has 0 radical (unpaired) electrons. The summed E-state index contributed by atoms with van der Waals surface area (Å²) in [5, 5.41) is 0. The van der Waals surface area contributed by atoms with Crippen molar-refractivity contribution in [2.45, 2.75) is 18.9 Å². The number of para-hydroxylation sites is 1. The lowest BCUT2D eigenvalue weighted by atomic mass is 10.1. The van der Waals surface area contributed by atoms with Gasteiger partial charge in [0.25, 0.3) is 0 Å². The van der Waals surface area contributed by atoms with Crippen LogP contribution >= 0.6 is 22.6 Å². The second-order valence-corrected chi connectivity index (χ2v) is 6.23. The summed E-state index contributed by atoms with van der Waals surface area (Å²) in [5.41, 5.74) is 0. The molecule has 3 aliphatic rings. The van der Waals surface area contributed by atoms with Gasteiger partial charge in [0.15, 0.2) is 0 Å². The number of carbonyl (C=O) groups excluding carboxylic acids is 1. The van der Waals surface area contributed by atoms with Crippen molar-refractivity contribution in [1.82, 2.24) is 9.80 Å². The van der Waals surface area contributed by atoms with Crippen LogP contribution in [-0.4, -0.2) is 48.1 Å². The van der Waals surface area contributed by atoms with E-state index < -0.39 is 0 Å². The molecule has 3 heterocycles. The van der Waals surface area contributed by atoms with E-state index in [0.717, 1.165) is 42.6 Å². The van der Waals surface area contributed by atoms with Crippen molar-refractivity contribution in [3.63, 3.8) is 0 Å². The highest BCUT2D eigenvalue weighted by molar-refractivity contribution is 14.1. The molecule has 1 aromatic carbocycles. The van der Waals surface area contributed by atoms with Crippen LogP contribution in [0.25, 0.3) is 0 Å². The Morgan fingerprint density at radius 2 is 1.89 bits per heavy atom. The second kappa shape index (κ2) is 5.66. The van der Waals surface area contributed by atoms with Gasteiger partial charge in [-0.3, -0.25) is 0 Å². The Labute approximate surface area is 126 Å². The Morgan fingerprint density at radius 1 is 1.16 bits per heavy atom. The van der Waals surface area contributed by atoms with Crippen LogP contribution in [0.3, 0.4) is 0 Å². The van der Waals surface area contributed by atoms with E-state index in [1.165, 1.54) is 0 Å². The molecule has 4 rings (SSSR count). The summed E-state index contributed by atoms with van der Waals surface area (Å²) in [6, 6.07) is 7.98. The topological polar surface area (TPSA) is 32.8 Å². The van der Waals surface area contributed by atoms with Crippen molar-refractivity contribution in [2.75, 3.05) is 26.2 Å². The fourth-order valence-electron chi connectivity index (χ4n) is 2.81. The smallest absolute Gasteiger partial charge is 0.409 e. The zero-order valence-corrected chi connectivity index (χ0v) is 12.9. The number of nitrogens with zero attached hydrogens (tertiary/aromatic N) is 2. The zero-order valence-electron chi connectivity index (χ0n) is 10.7. The first-order valence-corrected chi connectivity index (χ1v) is 7.77. The van der Waals surface area contributed by atoms with Crippen molar-refractivity contribution < 1.29 is 9.53 Å². The predicted octanol–water partition coefficient (Wildman–Crippen LogP) is 2.57. The van der Waals surface area contributed by atoms with Crippen LogP contribution in [0.15, 0.2) is 24.3 Å². The molecule has 0 atom stereocenters. The van der Waals surface area contributed by atoms with E-state index in [-0.39, 0.29) is 6.09 Å². The van der Waals surface area contributed by atoms with Crippen LogP contribution in [0.1, 0.15) is 12.8 Å². The van der Waals surface area contributed by atoms with E-state index in [1.54, 1.807) is 0 Å². The summed E-state index contributed by atoms with van der Waals surface area (Å²) in [6.45, 7) is 3.97. The minimum absolute atomic E-state index is 0.196. The van der Waals surface area contributed by atoms with Gasteiger partial charge in [-0.05, 0) is 47.6 Å². The first-order valence-electron chi connectivity index (χ1n) is 6.69. The summed E-state index contributed by atoms with van der Waals surface area (Å²) in [7, 11) is 0. The Hall–Kier alpha value is -0.820. The fraction of sp³-hybridized carbons (Fsp3) is 0.500. The summed E-state index contributed by atoms with van der Waals surface area (Å²) in [6.07, 6.45) is 1.94. The number of rotatable bonds is 1. The first kappa shape index (κ1) is 13.2. The zero-order chi connectivity index (χ0) is 13.2. The quantitative estimate of drug-likeness (QED) is 0.711. The Bertz CT molecular complexity index is 472. The molecule has 0 unspecified atom stereocenters. The molecule has 1 aromatic rings. The lowest BCUT2D eigenvalue weighted by molar-refractivity contribution is 0.130. The molecular formula is C14H17IN2O2. The highest BCUT2D eigenvalue weighted by Gasteiger charge is 2.33. The molecule has 3 fully saturated rings. The maximum atomic E-state index is 12.3. The molecule has 0 aliphatic carbocycles. The number of hydrogen-bond acceptors (Lipinski definition) is 3. The summed E-state index contributed by atoms with van der Waals surface area (Å²) >= 11 is 2.19. The number of piperidine rings is 1. The largest absolute Gasteiger partial charge is 0.415 e. The minimum Gasteiger partial charge on any atom is -0.409 e. The van der Waals surface area contributed by atoms with Gasteiger partial charge in [-0.2, -0.15) is 0 Å². The average molecular weight is 372 g/mol. The van der Waals surface area contributed by atoms with Gasteiger partial charge in [0.1, 0.15) is 5.75 Å². The lowest BCUT2D eigenvalue weighted by Crippen LogP contribution is -2.43. The third kappa shape index (κ3) is 2.86. The van der Waals surface area contributed by atoms with Gasteiger partial charge in [-0.25, -0.2) is 4.79 Å². The van der Waals surface area contributed by atoms with E-state index in [0.29, 0.717) is 11.8 Å². The molecule has 0 saturated carbocycles. The molecule has 1 amide bonds. The fourth-order valence-corrected chi connectivity index (χ4v) is 3.30. The van der Waals surface area contributed by atoms with E-state index in [2.05, 4.69) is 27.5 Å².